The molecule has 0 atom stereocenters. The Balaban J connectivity index is 3.06. The van der Waals surface area contributed by atoms with E-state index < -0.39 is 5.97 Å². The fourth-order valence-electron chi connectivity index (χ4n) is 1.86. The Morgan fingerprint density at radius 2 is 1.90 bits per heavy atom. The minimum absolute atomic E-state index is 0.558. The van der Waals surface area contributed by atoms with Crippen molar-refractivity contribution in [3.8, 4) is 0 Å². The molecule has 0 fully saturated rings. The van der Waals surface area contributed by atoms with Crippen molar-refractivity contribution in [3.63, 3.8) is 0 Å². The lowest BCUT2D eigenvalue weighted by Crippen LogP contribution is -2.31. The van der Waals surface area contributed by atoms with Crippen LogP contribution in [0.25, 0.3) is 6.08 Å². The van der Waals surface area contributed by atoms with Crippen molar-refractivity contribution >= 4 is 29.3 Å². The molecule has 116 valence electrons. The van der Waals surface area contributed by atoms with Crippen molar-refractivity contribution in [1.82, 2.24) is 0 Å². The zero-order valence-corrected chi connectivity index (χ0v) is 13.0. The number of benzene rings is 1. The van der Waals surface area contributed by atoms with E-state index >= 15 is 0 Å². The molecule has 0 aliphatic rings. The van der Waals surface area contributed by atoms with Gasteiger partial charge in [-0.05, 0) is 29.8 Å². The third-order valence-corrected chi connectivity index (χ3v) is 3.10. The van der Waals surface area contributed by atoms with Gasteiger partial charge in [-0.3, -0.25) is 0 Å². The lowest BCUT2D eigenvalue weighted by molar-refractivity contribution is -0.131. The minimum Gasteiger partial charge on any atom is -0.478 e. The number of carboxylic acid groups (broad SMARTS) is 1. The van der Waals surface area contributed by atoms with Crippen LogP contribution in [-0.4, -0.2) is 51.6 Å². The maximum Gasteiger partial charge on any atom is 0.328 e. The van der Waals surface area contributed by atoms with Gasteiger partial charge >= 0.3 is 5.97 Å². The molecule has 1 aromatic carbocycles. The number of halogens is 1. The zero-order valence-electron chi connectivity index (χ0n) is 12.2. The number of nitrogens with zero attached hydrogens (tertiary/aromatic N) is 1. The molecule has 0 aliphatic heterocycles. The third kappa shape index (κ3) is 6.16. The normalized spacial score (nSPS) is 11.0. The number of carboxylic acids is 1. The molecule has 0 amide bonds. The van der Waals surface area contributed by atoms with E-state index in [-0.39, 0.29) is 0 Å². The van der Waals surface area contributed by atoms with E-state index in [1.54, 1.807) is 26.4 Å². The van der Waals surface area contributed by atoms with Crippen LogP contribution in [0.2, 0.25) is 5.02 Å². The van der Waals surface area contributed by atoms with Crippen LogP contribution in [0.1, 0.15) is 5.56 Å². The molecular weight excluding hydrogens is 294 g/mol. The number of carbonyl (C=O) groups is 1. The summed E-state index contributed by atoms with van der Waals surface area (Å²) < 4.78 is 10.2. The molecule has 0 saturated heterocycles. The molecule has 0 unspecified atom stereocenters. The predicted octanol–water partition coefficient (Wildman–Crippen LogP) is 2.54. The summed E-state index contributed by atoms with van der Waals surface area (Å²) in [4.78, 5) is 12.8. The summed E-state index contributed by atoms with van der Waals surface area (Å²) in [5.41, 5.74) is 1.64. The summed E-state index contributed by atoms with van der Waals surface area (Å²) >= 11 is 6.00. The largest absolute Gasteiger partial charge is 0.478 e. The summed E-state index contributed by atoms with van der Waals surface area (Å²) in [6, 6.07) is 5.39. The highest BCUT2D eigenvalue weighted by molar-refractivity contribution is 6.30. The molecule has 0 heterocycles. The van der Waals surface area contributed by atoms with E-state index in [0.717, 1.165) is 17.3 Å². The van der Waals surface area contributed by atoms with E-state index in [4.69, 9.17) is 26.2 Å². The highest BCUT2D eigenvalue weighted by Gasteiger charge is 2.10. The number of aliphatic carboxylic acids is 1. The summed E-state index contributed by atoms with van der Waals surface area (Å²) in [5, 5.41) is 9.34. The molecule has 1 N–H and O–H groups in total. The maximum absolute atomic E-state index is 10.7. The smallest absolute Gasteiger partial charge is 0.328 e. The van der Waals surface area contributed by atoms with Gasteiger partial charge in [0.1, 0.15) is 0 Å². The van der Waals surface area contributed by atoms with E-state index in [1.165, 1.54) is 6.08 Å². The van der Waals surface area contributed by atoms with Gasteiger partial charge < -0.3 is 19.5 Å². The lowest BCUT2D eigenvalue weighted by Gasteiger charge is -2.26. The first-order chi connectivity index (χ1) is 10.1. The number of hydrogen-bond donors (Lipinski definition) is 1. The molecule has 0 radical (unpaired) electrons. The summed E-state index contributed by atoms with van der Waals surface area (Å²) in [5.74, 6) is -0.999. The standard InChI is InChI=1S/C15H20ClNO4/c1-20-9-7-17(8-10-21-2)14-5-4-13(16)11-12(14)3-6-15(18)19/h3-6,11H,7-10H2,1-2H3,(H,18,19)/b6-3+. The SMILES string of the molecule is COCCN(CCOC)c1ccc(Cl)cc1/C=C/C(=O)O. The Morgan fingerprint density at radius 1 is 1.29 bits per heavy atom. The van der Waals surface area contributed by atoms with Crippen molar-refractivity contribution in [2.45, 2.75) is 0 Å². The van der Waals surface area contributed by atoms with Gasteiger partial charge in [-0.1, -0.05) is 11.6 Å². The highest BCUT2D eigenvalue weighted by Crippen LogP contribution is 2.25. The summed E-state index contributed by atoms with van der Waals surface area (Å²) in [6.07, 6.45) is 2.64. The van der Waals surface area contributed by atoms with Gasteiger partial charge in [0.25, 0.3) is 0 Å². The number of ether oxygens (including phenoxy) is 2. The van der Waals surface area contributed by atoms with E-state index in [9.17, 15) is 4.79 Å². The van der Waals surface area contributed by atoms with Crippen LogP contribution in [0.3, 0.4) is 0 Å². The van der Waals surface area contributed by atoms with Gasteiger partial charge in [0.05, 0.1) is 13.2 Å². The molecule has 1 aromatic rings. The average Bonchev–Trinajstić information content (AvgIpc) is 2.46. The molecule has 0 bridgehead atoms. The quantitative estimate of drug-likeness (QED) is 0.710. The number of rotatable bonds is 9. The van der Waals surface area contributed by atoms with Crippen molar-refractivity contribution in [1.29, 1.82) is 0 Å². The third-order valence-electron chi connectivity index (χ3n) is 2.87. The van der Waals surface area contributed by atoms with Gasteiger partial charge in [-0.25, -0.2) is 4.79 Å². The van der Waals surface area contributed by atoms with Crippen LogP contribution >= 0.6 is 11.6 Å². The molecule has 21 heavy (non-hydrogen) atoms. The maximum atomic E-state index is 10.7. The van der Waals surface area contributed by atoms with Crippen LogP contribution in [0.5, 0.6) is 0 Å². The minimum atomic E-state index is -0.999. The molecule has 1 rings (SSSR count). The Hall–Kier alpha value is -1.56. The summed E-state index contributed by atoms with van der Waals surface area (Å²) in [7, 11) is 3.28. The number of hydrogen-bond acceptors (Lipinski definition) is 4. The first-order valence-corrected chi connectivity index (χ1v) is 6.89. The Kier molecular flexibility index (Phi) is 7.82. The number of anilines is 1. The van der Waals surface area contributed by atoms with Crippen LogP contribution in [0.15, 0.2) is 24.3 Å². The summed E-state index contributed by atoms with van der Waals surface area (Å²) in [6.45, 7) is 2.48. The monoisotopic (exact) mass is 313 g/mol. The van der Waals surface area contributed by atoms with E-state index in [2.05, 4.69) is 4.90 Å². The molecule has 0 aliphatic carbocycles. The van der Waals surface area contributed by atoms with Gasteiger partial charge in [-0.2, -0.15) is 0 Å². The van der Waals surface area contributed by atoms with Crippen LogP contribution in [0.4, 0.5) is 5.69 Å². The van der Waals surface area contributed by atoms with Gasteiger partial charge in [0.15, 0.2) is 0 Å². The highest BCUT2D eigenvalue weighted by atomic mass is 35.5. The molecule has 6 heteroatoms. The Morgan fingerprint density at radius 3 is 2.43 bits per heavy atom. The van der Waals surface area contributed by atoms with Crippen molar-refractivity contribution in [2.24, 2.45) is 0 Å². The van der Waals surface area contributed by atoms with E-state index in [1.807, 2.05) is 6.07 Å². The second-order valence-corrected chi connectivity index (χ2v) is 4.78. The zero-order chi connectivity index (χ0) is 15.7. The molecule has 0 spiro atoms. The second-order valence-electron chi connectivity index (χ2n) is 4.35. The second kappa shape index (κ2) is 9.39. The van der Waals surface area contributed by atoms with Crippen LogP contribution < -0.4 is 4.90 Å². The fourth-order valence-corrected chi connectivity index (χ4v) is 2.04. The number of methoxy groups -OCH3 is 2. The molecule has 0 aromatic heterocycles. The lowest BCUT2D eigenvalue weighted by atomic mass is 10.1. The van der Waals surface area contributed by atoms with E-state index in [0.29, 0.717) is 31.3 Å². The van der Waals surface area contributed by atoms with Crippen molar-refractivity contribution in [3.05, 3.63) is 34.9 Å². The Labute approximate surface area is 129 Å². The first-order valence-electron chi connectivity index (χ1n) is 6.52. The van der Waals surface area contributed by atoms with Crippen LogP contribution in [0, 0.1) is 0 Å². The molecular formula is C15H20ClNO4. The van der Waals surface area contributed by atoms with Crippen LogP contribution in [-0.2, 0) is 14.3 Å². The van der Waals surface area contributed by atoms with Gasteiger partial charge in [0, 0.05) is 44.1 Å². The predicted molar refractivity (Wildman–Crippen MR) is 84.1 cm³/mol. The molecule has 0 saturated carbocycles. The van der Waals surface area contributed by atoms with Crippen molar-refractivity contribution < 1.29 is 19.4 Å². The average molecular weight is 314 g/mol. The fraction of sp³-hybridized carbons (Fsp3) is 0.400. The van der Waals surface area contributed by atoms with Gasteiger partial charge in [-0.15, -0.1) is 0 Å². The topological polar surface area (TPSA) is 59.0 Å². The first kappa shape index (κ1) is 17.5. The van der Waals surface area contributed by atoms with Gasteiger partial charge in [0.2, 0.25) is 0 Å². The molecule has 5 nitrogen and oxygen atoms in total. The Bertz CT molecular complexity index is 483. The van der Waals surface area contributed by atoms with Crippen molar-refractivity contribution in [2.75, 3.05) is 45.4 Å².